The summed E-state index contributed by atoms with van der Waals surface area (Å²) in [5.74, 6) is 3.02. The third-order valence-electron chi connectivity index (χ3n) is 11.6. The molecule has 0 radical (unpaired) electrons. The van der Waals surface area contributed by atoms with Gasteiger partial charge in [0.2, 0.25) is 0 Å². The minimum atomic E-state index is -0.876. The first-order valence-corrected chi connectivity index (χ1v) is 14.9. The highest BCUT2D eigenvalue weighted by molar-refractivity contribution is 5.76. The van der Waals surface area contributed by atoms with Crippen molar-refractivity contribution in [3.8, 4) is 0 Å². The van der Waals surface area contributed by atoms with Crippen molar-refractivity contribution in [1.82, 2.24) is 5.32 Å². The number of methoxy groups -OCH3 is 1. The second kappa shape index (κ2) is 10.2. The van der Waals surface area contributed by atoms with E-state index in [1.165, 1.54) is 52.1 Å². The summed E-state index contributed by atoms with van der Waals surface area (Å²) in [5, 5.41) is 15.3. The molecule has 9 atom stereocenters. The van der Waals surface area contributed by atoms with Crippen LogP contribution in [0.2, 0.25) is 0 Å². The van der Waals surface area contributed by atoms with E-state index >= 15 is 0 Å². The largest absolute Gasteiger partial charge is 0.468 e. The average molecular weight is 508 g/mol. The number of hydrogen-bond acceptors (Lipinski definition) is 4. The van der Waals surface area contributed by atoms with E-state index in [1.807, 2.05) is 37.3 Å². The Morgan fingerprint density at radius 3 is 2.62 bits per heavy atom. The van der Waals surface area contributed by atoms with Crippen molar-refractivity contribution in [3.05, 3.63) is 47.5 Å². The van der Waals surface area contributed by atoms with Crippen molar-refractivity contribution in [3.63, 3.8) is 0 Å². The molecule has 2 unspecified atom stereocenters. The smallest absolute Gasteiger partial charge is 0.323 e. The van der Waals surface area contributed by atoms with Gasteiger partial charge in [0.25, 0.3) is 0 Å². The molecule has 5 rings (SSSR count). The van der Waals surface area contributed by atoms with E-state index < -0.39 is 11.6 Å². The molecule has 4 aliphatic rings. The first-order chi connectivity index (χ1) is 17.6. The summed E-state index contributed by atoms with van der Waals surface area (Å²) in [6.45, 7) is 9.89. The lowest BCUT2D eigenvalue weighted by atomic mass is 9.46. The molecule has 4 nitrogen and oxygen atoms in total. The van der Waals surface area contributed by atoms with Gasteiger partial charge in [0.05, 0.1) is 12.7 Å². The quantitative estimate of drug-likeness (QED) is 0.335. The zero-order valence-electron chi connectivity index (χ0n) is 23.8. The fraction of sp³-hybridized carbons (Fsp3) is 0.727. The van der Waals surface area contributed by atoms with E-state index in [-0.39, 0.29) is 17.3 Å². The van der Waals surface area contributed by atoms with Gasteiger partial charge in [-0.2, -0.15) is 0 Å². The van der Waals surface area contributed by atoms with Gasteiger partial charge in [-0.05, 0) is 111 Å². The van der Waals surface area contributed by atoms with Crippen LogP contribution in [-0.2, 0) is 16.0 Å². The Kier molecular flexibility index (Phi) is 7.39. The molecule has 0 saturated heterocycles. The lowest BCUT2D eigenvalue weighted by Crippen LogP contribution is -2.56. The van der Waals surface area contributed by atoms with Crippen molar-refractivity contribution in [1.29, 1.82) is 0 Å². The van der Waals surface area contributed by atoms with Crippen molar-refractivity contribution < 1.29 is 14.6 Å². The van der Waals surface area contributed by atoms with Gasteiger partial charge in [-0.25, -0.2) is 0 Å². The van der Waals surface area contributed by atoms with Gasteiger partial charge in [-0.15, -0.1) is 0 Å². The van der Waals surface area contributed by atoms with Crippen LogP contribution < -0.4 is 5.32 Å². The molecule has 3 saturated carbocycles. The standard InChI is InChI=1S/C33H49NO3/c1-22-15-17-31(2)24(19-22)11-12-25-26-13-14-29(32(26,3)18-16-27(25)31)33(4,36)21-34-28(30(35)37-5)20-23-9-7-6-8-10-23/h6-11,22,25-29,34,36H,12-21H2,1-5H3/t22-,25-,26-,27-,28?,29?,31-,32-,33-/m0/s1. The van der Waals surface area contributed by atoms with Crippen LogP contribution in [0.25, 0.3) is 0 Å². The molecule has 3 fully saturated rings. The zero-order chi connectivity index (χ0) is 26.4. The Bertz CT molecular complexity index is 1000. The predicted molar refractivity (Wildman–Crippen MR) is 149 cm³/mol. The van der Waals surface area contributed by atoms with Gasteiger partial charge < -0.3 is 15.2 Å². The third-order valence-corrected chi connectivity index (χ3v) is 11.6. The summed E-state index contributed by atoms with van der Waals surface area (Å²) in [6.07, 6.45) is 13.2. The van der Waals surface area contributed by atoms with Crippen LogP contribution in [-0.4, -0.2) is 36.4 Å². The highest BCUT2D eigenvalue weighted by Crippen LogP contribution is 2.67. The molecular formula is C33H49NO3. The van der Waals surface area contributed by atoms with Gasteiger partial charge in [0.1, 0.15) is 6.04 Å². The van der Waals surface area contributed by atoms with Crippen LogP contribution in [0.15, 0.2) is 42.0 Å². The lowest BCUT2D eigenvalue weighted by molar-refractivity contribution is -0.143. The molecule has 4 aliphatic carbocycles. The maximum absolute atomic E-state index is 12.6. The minimum Gasteiger partial charge on any atom is -0.468 e. The Balaban J connectivity index is 1.30. The Hall–Kier alpha value is -1.65. The maximum Gasteiger partial charge on any atom is 0.323 e. The summed E-state index contributed by atoms with van der Waals surface area (Å²) in [7, 11) is 1.44. The SMILES string of the molecule is COC(=O)C(Cc1ccccc1)NC[C@](C)(O)C1CC[C@H]2[C@@H]3CC=C4C[C@@H](C)CC[C@]4(C)[C@H]3CC[C@]12C. The van der Waals surface area contributed by atoms with E-state index in [2.05, 4.69) is 32.2 Å². The molecule has 1 aromatic rings. The second-order valence-electron chi connectivity index (χ2n) is 13.8. The molecule has 0 heterocycles. The number of ether oxygens (including phenoxy) is 1. The number of esters is 1. The topological polar surface area (TPSA) is 58.6 Å². The van der Waals surface area contributed by atoms with Gasteiger partial charge in [0, 0.05) is 6.54 Å². The predicted octanol–water partition coefficient (Wildman–Crippen LogP) is 6.33. The third kappa shape index (κ3) is 4.82. The average Bonchev–Trinajstić information content (AvgIpc) is 3.25. The number of nitrogens with one attached hydrogen (secondary N) is 1. The van der Waals surface area contributed by atoms with E-state index in [1.54, 1.807) is 5.57 Å². The van der Waals surface area contributed by atoms with Crippen LogP contribution in [0.1, 0.15) is 84.6 Å². The monoisotopic (exact) mass is 507 g/mol. The fourth-order valence-corrected chi connectivity index (χ4v) is 9.55. The first-order valence-electron chi connectivity index (χ1n) is 14.9. The van der Waals surface area contributed by atoms with Crippen molar-refractivity contribution in [2.75, 3.05) is 13.7 Å². The molecule has 1 aromatic carbocycles. The number of fused-ring (bicyclic) bond motifs is 5. The Morgan fingerprint density at radius 1 is 1.14 bits per heavy atom. The fourth-order valence-electron chi connectivity index (χ4n) is 9.55. The van der Waals surface area contributed by atoms with Crippen LogP contribution in [0.4, 0.5) is 0 Å². The Labute approximate surface area is 224 Å². The number of carbonyl (C=O) groups is 1. The van der Waals surface area contributed by atoms with Crippen molar-refractivity contribution in [2.24, 2.45) is 40.4 Å². The van der Waals surface area contributed by atoms with Crippen molar-refractivity contribution >= 4 is 5.97 Å². The number of hydrogen-bond donors (Lipinski definition) is 2. The van der Waals surface area contributed by atoms with E-state index in [9.17, 15) is 9.90 Å². The highest BCUT2D eigenvalue weighted by atomic mass is 16.5. The van der Waals surface area contributed by atoms with Gasteiger partial charge in [-0.1, -0.05) is 62.8 Å². The van der Waals surface area contributed by atoms with E-state index in [4.69, 9.17) is 4.74 Å². The maximum atomic E-state index is 12.6. The van der Waals surface area contributed by atoms with Gasteiger partial charge in [0.15, 0.2) is 0 Å². The molecule has 0 spiro atoms. The van der Waals surface area contributed by atoms with Crippen LogP contribution in [0.5, 0.6) is 0 Å². The summed E-state index contributed by atoms with van der Waals surface area (Å²) in [5.41, 5.74) is 2.51. The van der Waals surface area contributed by atoms with Crippen LogP contribution >= 0.6 is 0 Å². The van der Waals surface area contributed by atoms with Crippen LogP contribution in [0.3, 0.4) is 0 Å². The van der Waals surface area contributed by atoms with E-state index in [0.29, 0.717) is 24.3 Å². The second-order valence-corrected chi connectivity index (χ2v) is 13.8. The van der Waals surface area contributed by atoms with Gasteiger partial charge in [-0.3, -0.25) is 4.79 Å². The molecule has 0 aliphatic heterocycles. The summed E-state index contributed by atoms with van der Waals surface area (Å²) in [6, 6.07) is 9.58. The number of aliphatic hydroxyl groups is 1. The zero-order valence-corrected chi connectivity index (χ0v) is 23.8. The molecule has 2 N–H and O–H groups in total. The van der Waals surface area contributed by atoms with Crippen LogP contribution in [0, 0.1) is 40.4 Å². The lowest BCUT2D eigenvalue weighted by Gasteiger charge is -2.59. The normalized spacial score (nSPS) is 39.4. The molecule has 0 amide bonds. The molecular weight excluding hydrogens is 458 g/mol. The van der Waals surface area contributed by atoms with Gasteiger partial charge >= 0.3 is 5.97 Å². The highest BCUT2D eigenvalue weighted by Gasteiger charge is 2.61. The van der Waals surface area contributed by atoms with E-state index in [0.717, 1.165) is 29.7 Å². The molecule has 0 aromatic heterocycles. The number of allylic oxidation sites excluding steroid dienone is 2. The number of benzene rings is 1. The summed E-state index contributed by atoms with van der Waals surface area (Å²) < 4.78 is 5.11. The molecule has 37 heavy (non-hydrogen) atoms. The first kappa shape index (κ1) is 26.9. The minimum absolute atomic E-state index is 0.149. The number of carbonyl (C=O) groups excluding carboxylic acids is 1. The summed E-state index contributed by atoms with van der Waals surface area (Å²) in [4.78, 5) is 12.6. The molecule has 4 heteroatoms. The summed E-state index contributed by atoms with van der Waals surface area (Å²) >= 11 is 0. The Morgan fingerprint density at radius 2 is 1.89 bits per heavy atom. The molecule has 0 bridgehead atoms. The van der Waals surface area contributed by atoms with Crippen molar-refractivity contribution in [2.45, 2.75) is 97.1 Å². The molecule has 204 valence electrons. The number of rotatable bonds is 7.